The fourth-order valence-corrected chi connectivity index (χ4v) is 4.56. The van der Waals surface area contributed by atoms with Gasteiger partial charge in [0.05, 0.1) is 12.9 Å². The maximum atomic E-state index is 10.3. The summed E-state index contributed by atoms with van der Waals surface area (Å²) >= 11 is 6.93. The van der Waals surface area contributed by atoms with Crippen molar-refractivity contribution in [2.75, 3.05) is 11.9 Å². The van der Waals surface area contributed by atoms with Crippen LogP contribution in [0.15, 0.2) is 39.8 Å². The second kappa shape index (κ2) is 8.01. The predicted molar refractivity (Wildman–Crippen MR) is 108 cm³/mol. The number of ether oxygens (including phenoxy) is 1. The minimum absolute atomic E-state index is 0.397. The van der Waals surface area contributed by atoms with Crippen LogP contribution in [-0.4, -0.2) is 59.8 Å². The largest absolute Gasteiger partial charge is 0.394 e. The first kappa shape index (κ1) is 19.7. The van der Waals surface area contributed by atoms with Gasteiger partial charge >= 0.3 is 0 Å². The summed E-state index contributed by atoms with van der Waals surface area (Å²) in [5, 5.41) is 32.8. The van der Waals surface area contributed by atoms with E-state index in [1.165, 1.54) is 17.2 Å². The van der Waals surface area contributed by atoms with Gasteiger partial charge in [0.1, 0.15) is 24.6 Å². The van der Waals surface area contributed by atoms with E-state index in [-0.39, 0.29) is 0 Å². The Morgan fingerprint density at radius 1 is 1.07 bits per heavy atom. The predicted octanol–water partition coefficient (Wildman–Crippen LogP) is 1.57. The third-order valence-electron chi connectivity index (χ3n) is 4.53. The number of halogens is 2. The monoisotopic (exact) mass is 513 g/mol. The van der Waals surface area contributed by atoms with Gasteiger partial charge in [-0.2, -0.15) is 0 Å². The van der Waals surface area contributed by atoms with Gasteiger partial charge in [-0.15, -0.1) is 0 Å². The summed E-state index contributed by atoms with van der Waals surface area (Å²) in [6.45, 7) is 0.121. The number of benzene rings is 1. The van der Waals surface area contributed by atoms with E-state index in [0.29, 0.717) is 23.5 Å². The number of hydrogen-bond donors (Lipinski definition) is 4. The Hall–Kier alpha value is -1.63. The third-order valence-corrected chi connectivity index (χ3v) is 5.45. The highest BCUT2D eigenvalue weighted by molar-refractivity contribution is 9.11. The minimum atomic E-state index is -1.21. The van der Waals surface area contributed by atoms with Crippen molar-refractivity contribution < 1.29 is 20.1 Å². The summed E-state index contributed by atoms with van der Waals surface area (Å²) in [6, 6.07) is 5.94. The Bertz CT molecular complexity index is 981. The fraction of sp³-hybridized carbons (Fsp3) is 0.353. The fourth-order valence-electron chi connectivity index (χ4n) is 3.18. The Kier molecular flexibility index (Phi) is 5.63. The van der Waals surface area contributed by atoms with Crippen LogP contribution in [0.4, 0.5) is 5.82 Å². The number of fused-ring (bicyclic) bond motifs is 1. The molecule has 9 nitrogen and oxygen atoms in total. The molecule has 1 aromatic carbocycles. The van der Waals surface area contributed by atoms with E-state index in [2.05, 4.69) is 52.1 Å². The number of nitrogens with one attached hydrogen (secondary N) is 1. The van der Waals surface area contributed by atoms with E-state index in [1.54, 1.807) is 0 Å². The van der Waals surface area contributed by atoms with Gasteiger partial charge in [0, 0.05) is 15.5 Å². The molecule has 3 aromatic rings. The number of nitrogens with zero attached hydrogens (tertiary/aromatic N) is 4. The van der Waals surface area contributed by atoms with Crippen molar-refractivity contribution in [3.63, 3.8) is 0 Å². The van der Waals surface area contributed by atoms with Gasteiger partial charge in [-0.1, -0.05) is 31.9 Å². The molecule has 28 heavy (non-hydrogen) atoms. The molecule has 0 bridgehead atoms. The summed E-state index contributed by atoms with van der Waals surface area (Å²) < 4.78 is 9.01. The summed E-state index contributed by atoms with van der Waals surface area (Å²) in [7, 11) is 0. The standard InChI is InChI=1S/C17H17Br2N5O4/c18-9-1-8(2-10(19)3-9)4-20-15-12-16(22-6-21-15)24(7-23-12)17-14(27)13(26)11(5-25)28-17/h1-3,6-7,11,13-14,17,25-27H,4-5H2,(H,20,21,22)/t11-,13-,14-,17-/m1/s1. The van der Waals surface area contributed by atoms with Crippen LogP contribution in [0.1, 0.15) is 11.8 Å². The van der Waals surface area contributed by atoms with E-state index in [1.807, 2.05) is 18.2 Å². The van der Waals surface area contributed by atoms with Crippen LogP contribution >= 0.6 is 31.9 Å². The van der Waals surface area contributed by atoms with Gasteiger partial charge in [0.2, 0.25) is 0 Å². The van der Waals surface area contributed by atoms with Crippen molar-refractivity contribution in [2.45, 2.75) is 31.1 Å². The van der Waals surface area contributed by atoms with Crippen molar-refractivity contribution in [1.82, 2.24) is 19.5 Å². The molecule has 1 aliphatic rings. The highest BCUT2D eigenvalue weighted by Crippen LogP contribution is 2.32. The van der Waals surface area contributed by atoms with Gasteiger partial charge in [-0.05, 0) is 23.8 Å². The molecule has 11 heteroatoms. The first-order chi connectivity index (χ1) is 13.5. The maximum absolute atomic E-state index is 10.3. The van der Waals surface area contributed by atoms with E-state index >= 15 is 0 Å². The highest BCUT2D eigenvalue weighted by Gasteiger charge is 2.44. The number of imidazole rings is 1. The molecule has 4 atom stereocenters. The molecule has 0 aliphatic carbocycles. The zero-order chi connectivity index (χ0) is 19.8. The summed E-state index contributed by atoms with van der Waals surface area (Å²) in [6.07, 6.45) is -1.31. The normalized spacial score (nSPS) is 24.8. The molecule has 4 N–H and O–H groups in total. The Balaban J connectivity index is 1.60. The van der Waals surface area contributed by atoms with E-state index in [4.69, 9.17) is 4.74 Å². The van der Waals surface area contributed by atoms with Crippen LogP contribution in [0.5, 0.6) is 0 Å². The lowest BCUT2D eigenvalue weighted by Gasteiger charge is -2.16. The lowest BCUT2D eigenvalue weighted by Crippen LogP contribution is -2.33. The van der Waals surface area contributed by atoms with Crippen molar-refractivity contribution in [3.05, 3.63) is 45.4 Å². The second-order valence-electron chi connectivity index (χ2n) is 6.41. The van der Waals surface area contributed by atoms with Crippen LogP contribution in [0.2, 0.25) is 0 Å². The Labute approximate surface area is 176 Å². The molecular formula is C17H17Br2N5O4. The molecule has 1 aliphatic heterocycles. The first-order valence-electron chi connectivity index (χ1n) is 8.46. The molecule has 0 unspecified atom stereocenters. The van der Waals surface area contributed by atoms with Crippen LogP contribution in [0.3, 0.4) is 0 Å². The average Bonchev–Trinajstić information content (AvgIpc) is 3.21. The van der Waals surface area contributed by atoms with Crippen molar-refractivity contribution in [3.8, 4) is 0 Å². The van der Waals surface area contributed by atoms with Gasteiger partial charge < -0.3 is 25.4 Å². The lowest BCUT2D eigenvalue weighted by molar-refractivity contribution is -0.0511. The van der Waals surface area contributed by atoms with E-state index in [0.717, 1.165) is 14.5 Å². The zero-order valence-electron chi connectivity index (χ0n) is 14.4. The molecule has 1 saturated heterocycles. The highest BCUT2D eigenvalue weighted by atomic mass is 79.9. The third kappa shape index (κ3) is 3.65. The molecule has 2 aromatic heterocycles. The molecule has 0 spiro atoms. The number of anilines is 1. The Morgan fingerprint density at radius 3 is 2.50 bits per heavy atom. The van der Waals surface area contributed by atoms with Crippen molar-refractivity contribution >= 4 is 48.8 Å². The summed E-state index contributed by atoms with van der Waals surface area (Å²) in [5.41, 5.74) is 1.99. The average molecular weight is 515 g/mol. The topological polar surface area (TPSA) is 126 Å². The van der Waals surface area contributed by atoms with Crippen LogP contribution in [-0.2, 0) is 11.3 Å². The number of hydrogen-bond acceptors (Lipinski definition) is 8. The minimum Gasteiger partial charge on any atom is -0.394 e. The lowest BCUT2D eigenvalue weighted by atomic mass is 10.1. The van der Waals surface area contributed by atoms with Gasteiger partial charge in [-0.3, -0.25) is 4.57 Å². The number of rotatable bonds is 5. The Morgan fingerprint density at radius 2 is 1.82 bits per heavy atom. The quantitative estimate of drug-likeness (QED) is 0.404. The number of aliphatic hydroxyl groups excluding tert-OH is 3. The van der Waals surface area contributed by atoms with Gasteiger partial charge in [0.25, 0.3) is 0 Å². The molecule has 0 saturated carbocycles. The van der Waals surface area contributed by atoms with E-state index in [9.17, 15) is 15.3 Å². The maximum Gasteiger partial charge on any atom is 0.167 e. The van der Waals surface area contributed by atoms with Gasteiger partial charge in [0.15, 0.2) is 23.2 Å². The van der Waals surface area contributed by atoms with Crippen molar-refractivity contribution in [2.24, 2.45) is 0 Å². The van der Waals surface area contributed by atoms with Crippen LogP contribution in [0, 0.1) is 0 Å². The number of aliphatic hydroxyl groups is 3. The molecule has 1 fully saturated rings. The SMILES string of the molecule is OC[C@H]1O[C@@H](n2cnc3c(NCc4cc(Br)cc(Br)c4)ncnc32)[C@H](O)[C@@H]1O. The van der Waals surface area contributed by atoms with Crippen LogP contribution in [0.25, 0.3) is 11.2 Å². The first-order valence-corrected chi connectivity index (χ1v) is 10.1. The summed E-state index contributed by atoms with van der Waals surface area (Å²) in [4.78, 5) is 12.8. The second-order valence-corrected chi connectivity index (χ2v) is 8.24. The number of aromatic nitrogens is 4. The summed E-state index contributed by atoms with van der Waals surface area (Å²) in [5.74, 6) is 0.534. The molecule has 3 heterocycles. The zero-order valence-corrected chi connectivity index (χ0v) is 17.6. The molecule has 148 valence electrons. The smallest absolute Gasteiger partial charge is 0.167 e. The molecule has 0 amide bonds. The molecule has 4 rings (SSSR count). The molecule has 0 radical (unpaired) electrons. The van der Waals surface area contributed by atoms with Gasteiger partial charge in [-0.25, -0.2) is 15.0 Å². The van der Waals surface area contributed by atoms with Crippen LogP contribution < -0.4 is 5.32 Å². The van der Waals surface area contributed by atoms with Crippen molar-refractivity contribution in [1.29, 1.82) is 0 Å². The van der Waals surface area contributed by atoms with E-state index < -0.39 is 31.1 Å². The molecular weight excluding hydrogens is 498 g/mol.